The molecule has 0 aromatic heterocycles. The molecule has 1 heterocycles. The zero-order valence-corrected chi connectivity index (χ0v) is 12.1. The molecule has 1 amide bonds. The van der Waals surface area contributed by atoms with Crippen molar-refractivity contribution in [2.75, 3.05) is 16.4 Å². The summed E-state index contributed by atoms with van der Waals surface area (Å²) < 4.78 is 0. The SMILES string of the molecule is Cc1ccc(N2C(=O)CSC2c2cccc(N)c2)cc1. The summed E-state index contributed by atoms with van der Waals surface area (Å²) in [7, 11) is 0. The second-order valence-electron chi connectivity index (χ2n) is 4.93. The molecule has 20 heavy (non-hydrogen) atoms. The van der Waals surface area contributed by atoms with Crippen LogP contribution < -0.4 is 10.6 Å². The van der Waals surface area contributed by atoms with Crippen LogP contribution in [0.2, 0.25) is 0 Å². The van der Waals surface area contributed by atoms with E-state index < -0.39 is 0 Å². The Morgan fingerprint density at radius 1 is 1.20 bits per heavy atom. The summed E-state index contributed by atoms with van der Waals surface area (Å²) in [6, 6.07) is 15.8. The van der Waals surface area contributed by atoms with Gasteiger partial charge in [0.2, 0.25) is 5.91 Å². The normalized spacial score (nSPS) is 18.6. The second-order valence-corrected chi connectivity index (χ2v) is 6.00. The lowest BCUT2D eigenvalue weighted by Gasteiger charge is -2.24. The van der Waals surface area contributed by atoms with Crippen molar-refractivity contribution in [3.8, 4) is 0 Å². The average molecular weight is 284 g/mol. The molecule has 0 saturated carbocycles. The molecule has 1 fully saturated rings. The Morgan fingerprint density at radius 3 is 2.65 bits per heavy atom. The molecule has 1 aliphatic rings. The summed E-state index contributed by atoms with van der Waals surface area (Å²) in [6.07, 6.45) is 0. The van der Waals surface area contributed by atoms with Crippen LogP contribution in [-0.4, -0.2) is 11.7 Å². The van der Waals surface area contributed by atoms with Gasteiger partial charge >= 0.3 is 0 Å². The summed E-state index contributed by atoms with van der Waals surface area (Å²) >= 11 is 1.64. The van der Waals surface area contributed by atoms with Crippen LogP contribution in [0.15, 0.2) is 48.5 Å². The molecule has 0 bridgehead atoms. The lowest BCUT2D eigenvalue weighted by molar-refractivity contribution is -0.115. The molecule has 1 saturated heterocycles. The highest BCUT2D eigenvalue weighted by Gasteiger charge is 2.33. The van der Waals surface area contributed by atoms with E-state index in [1.807, 2.05) is 60.4 Å². The van der Waals surface area contributed by atoms with Crippen molar-refractivity contribution in [1.29, 1.82) is 0 Å². The van der Waals surface area contributed by atoms with E-state index in [0.29, 0.717) is 5.75 Å². The number of hydrogen-bond acceptors (Lipinski definition) is 3. The van der Waals surface area contributed by atoms with Crippen LogP contribution in [-0.2, 0) is 4.79 Å². The third kappa shape index (κ3) is 2.39. The lowest BCUT2D eigenvalue weighted by Crippen LogP contribution is -2.27. The van der Waals surface area contributed by atoms with Crippen LogP contribution in [0.5, 0.6) is 0 Å². The van der Waals surface area contributed by atoms with E-state index in [4.69, 9.17) is 5.73 Å². The molecule has 1 aliphatic heterocycles. The Morgan fingerprint density at radius 2 is 1.95 bits per heavy atom. The number of nitrogen functional groups attached to an aromatic ring is 1. The van der Waals surface area contributed by atoms with Gasteiger partial charge in [0, 0.05) is 11.4 Å². The van der Waals surface area contributed by atoms with Crippen LogP contribution in [0.25, 0.3) is 0 Å². The van der Waals surface area contributed by atoms with E-state index >= 15 is 0 Å². The van der Waals surface area contributed by atoms with Gasteiger partial charge in [-0.25, -0.2) is 0 Å². The first kappa shape index (κ1) is 13.1. The highest BCUT2D eigenvalue weighted by atomic mass is 32.2. The zero-order chi connectivity index (χ0) is 14.1. The summed E-state index contributed by atoms with van der Waals surface area (Å²) in [5.41, 5.74) is 9.78. The van der Waals surface area contributed by atoms with E-state index in [1.54, 1.807) is 11.8 Å². The quantitative estimate of drug-likeness (QED) is 0.860. The maximum atomic E-state index is 12.2. The first-order chi connectivity index (χ1) is 9.65. The van der Waals surface area contributed by atoms with Gasteiger partial charge in [0.15, 0.2) is 0 Å². The van der Waals surface area contributed by atoms with Crippen molar-refractivity contribution >= 4 is 29.0 Å². The third-order valence-electron chi connectivity index (χ3n) is 3.38. The summed E-state index contributed by atoms with van der Waals surface area (Å²) in [4.78, 5) is 14.1. The monoisotopic (exact) mass is 284 g/mol. The minimum Gasteiger partial charge on any atom is -0.399 e. The predicted molar refractivity (Wildman–Crippen MR) is 84.7 cm³/mol. The van der Waals surface area contributed by atoms with Gasteiger partial charge in [0.25, 0.3) is 0 Å². The highest BCUT2D eigenvalue weighted by Crippen LogP contribution is 2.42. The van der Waals surface area contributed by atoms with Crippen molar-refractivity contribution in [3.63, 3.8) is 0 Å². The number of amides is 1. The first-order valence-electron chi connectivity index (χ1n) is 6.51. The minimum atomic E-state index is 0.00806. The van der Waals surface area contributed by atoms with Crippen molar-refractivity contribution in [2.24, 2.45) is 0 Å². The van der Waals surface area contributed by atoms with E-state index in [0.717, 1.165) is 16.9 Å². The Kier molecular flexibility index (Phi) is 3.40. The molecular formula is C16H16N2OS. The van der Waals surface area contributed by atoms with Gasteiger partial charge in [0.1, 0.15) is 5.37 Å². The Hall–Kier alpha value is -1.94. The van der Waals surface area contributed by atoms with Crippen LogP contribution in [0, 0.1) is 6.92 Å². The topological polar surface area (TPSA) is 46.3 Å². The summed E-state index contributed by atoms with van der Waals surface area (Å²) in [6.45, 7) is 2.04. The molecule has 0 aliphatic carbocycles. The average Bonchev–Trinajstić information content (AvgIpc) is 2.82. The first-order valence-corrected chi connectivity index (χ1v) is 7.56. The number of hydrogen-bond donors (Lipinski definition) is 1. The number of thioether (sulfide) groups is 1. The van der Waals surface area contributed by atoms with Crippen LogP contribution >= 0.6 is 11.8 Å². The highest BCUT2D eigenvalue weighted by molar-refractivity contribution is 8.00. The Balaban J connectivity index is 1.98. The Labute approximate surface area is 122 Å². The number of nitrogens with zero attached hydrogens (tertiary/aromatic N) is 1. The van der Waals surface area contributed by atoms with Crippen LogP contribution in [0.4, 0.5) is 11.4 Å². The maximum Gasteiger partial charge on any atom is 0.238 e. The van der Waals surface area contributed by atoms with Gasteiger partial charge in [-0.05, 0) is 36.8 Å². The van der Waals surface area contributed by atoms with Gasteiger partial charge < -0.3 is 5.73 Å². The van der Waals surface area contributed by atoms with E-state index in [9.17, 15) is 4.79 Å². The fourth-order valence-corrected chi connectivity index (χ4v) is 3.53. The molecule has 2 aromatic rings. The van der Waals surface area contributed by atoms with Gasteiger partial charge in [0.05, 0.1) is 5.75 Å². The molecule has 102 valence electrons. The lowest BCUT2D eigenvalue weighted by atomic mass is 10.1. The third-order valence-corrected chi connectivity index (χ3v) is 4.59. The molecule has 3 nitrogen and oxygen atoms in total. The molecule has 2 N–H and O–H groups in total. The molecule has 3 rings (SSSR count). The largest absolute Gasteiger partial charge is 0.399 e. The second kappa shape index (κ2) is 5.21. The van der Waals surface area contributed by atoms with E-state index in [2.05, 4.69) is 0 Å². The van der Waals surface area contributed by atoms with Crippen LogP contribution in [0.3, 0.4) is 0 Å². The van der Waals surface area contributed by atoms with Crippen molar-refractivity contribution in [2.45, 2.75) is 12.3 Å². The number of anilines is 2. The smallest absolute Gasteiger partial charge is 0.238 e. The molecule has 0 radical (unpaired) electrons. The zero-order valence-electron chi connectivity index (χ0n) is 11.2. The fourth-order valence-electron chi connectivity index (χ4n) is 2.37. The van der Waals surface area contributed by atoms with E-state index in [1.165, 1.54) is 5.56 Å². The van der Waals surface area contributed by atoms with E-state index in [-0.39, 0.29) is 11.3 Å². The molecule has 1 atom stereocenters. The number of aryl methyl sites for hydroxylation is 1. The number of benzene rings is 2. The van der Waals surface area contributed by atoms with Gasteiger partial charge in [-0.1, -0.05) is 29.8 Å². The number of nitrogens with two attached hydrogens (primary N) is 1. The summed E-state index contributed by atoms with van der Waals surface area (Å²) in [5, 5.41) is 0.00806. The molecule has 4 heteroatoms. The molecule has 0 spiro atoms. The maximum absolute atomic E-state index is 12.2. The summed E-state index contributed by atoms with van der Waals surface area (Å²) in [5.74, 6) is 0.652. The van der Waals surface area contributed by atoms with Crippen molar-refractivity contribution < 1.29 is 4.79 Å². The van der Waals surface area contributed by atoms with Crippen molar-refractivity contribution in [3.05, 3.63) is 59.7 Å². The molecule has 1 unspecified atom stereocenters. The van der Waals surface area contributed by atoms with Gasteiger partial charge in [-0.3, -0.25) is 9.69 Å². The van der Waals surface area contributed by atoms with Crippen molar-refractivity contribution in [1.82, 2.24) is 0 Å². The molecule has 2 aromatic carbocycles. The predicted octanol–water partition coefficient (Wildman–Crippen LogP) is 3.36. The van der Waals surface area contributed by atoms with Crippen LogP contribution in [0.1, 0.15) is 16.5 Å². The van der Waals surface area contributed by atoms with Gasteiger partial charge in [-0.2, -0.15) is 0 Å². The Bertz CT molecular complexity index is 639. The number of carbonyl (C=O) groups excluding carboxylic acids is 1. The number of rotatable bonds is 2. The minimum absolute atomic E-state index is 0.00806. The van der Waals surface area contributed by atoms with Gasteiger partial charge in [-0.15, -0.1) is 11.8 Å². The standard InChI is InChI=1S/C16H16N2OS/c1-11-5-7-14(8-6-11)18-15(19)10-20-16(18)12-3-2-4-13(17)9-12/h2-9,16H,10,17H2,1H3. The number of carbonyl (C=O) groups is 1. The fraction of sp³-hybridized carbons (Fsp3) is 0.188. The molecular weight excluding hydrogens is 268 g/mol.